The van der Waals surface area contributed by atoms with Crippen LogP contribution in [0.15, 0.2) is 34.3 Å². The Morgan fingerprint density at radius 2 is 1.86 bits per heavy atom. The summed E-state index contributed by atoms with van der Waals surface area (Å²) < 4.78 is 24.1. The van der Waals surface area contributed by atoms with Crippen LogP contribution < -0.4 is 10.1 Å². The van der Waals surface area contributed by atoms with E-state index in [1.807, 2.05) is 6.92 Å². The van der Waals surface area contributed by atoms with E-state index in [9.17, 15) is 13.2 Å². The number of hydrogen-bond acceptors (Lipinski definition) is 4. The predicted molar refractivity (Wildman–Crippen MR) is 80.2 cm³/mol. The first kappa shape index (κ1) is 14.8. The van der Waals surface area contributed by atoms with Crippen molar-refractivity contribution in [3.8, 4) is 0 Å². The van der Waals surface area contributed by atoms with E-state index in [4.69, 9.17) is 5.11 Å². The Morgan fingerprint density at radius 1 is 1.27 bits per heavy atom. The fourth-order valence-corrected chi connectivity index (χ4v) is 4.16. The zero-order valence-electron chi connectivity index (χ0n) is 12.0. The van der Waals surface area contributed by atoms with E-state index in [0.29, 0.717) is 19.3 Å². The molecule has 0 unspecified atom stereocenters. The van der Waals surface area contributed by atoms with Crippen LogP contribution in [0.4, 0.5) is 4.79 Å². The van der Waals surface area contributed by atoms with Gasteiger partial charge in [-0.25, -0.2) is 9.63 Å². The number of carbonyl (C=O) groups is 1. The summed E-state index contributed by atoms with van der Waals surface area (Å²) in [7, 11) is -3.66. The number of aryl methyl sites for hydroxylation is 1. The molecular weight excluding hydrogens is 306 g/mol. The van der Waals surface area contributed by atoms with Crippen molar-refractivity contribution in [2.45, 2.75) is 36.6 Å². The Bertz CT molecular complexity index is 720. The first-order chi connectivity index (χ1) is 10.2. The summed E-state index contributed by atoms with van der Waals surface area (Å²) in [4.78, 5) is 13.0. The number of hydrazone groups is 1. The van der Waals surface area contributed by atoms with Crippen molar-refractivity contribution in [2.75, 3.05) is 0 Å². The minimum absolute atomic E-state index is 0.164. The van der Waals surface area contributed by atoms with E-state index >= 15 is 0 Å². The van der Waals surface area contributed by atoms with Gasteiger partial charge >= 0.3 is 6.09 Å². The van der Waals surface area contributed by atoms with Gasteiger partial charge in [0.15, 0.2) is 0 Å². The molecule has 8 heteroatoms. The first-order valence-electron chi connectivity index (χ1n) is 6.88. The fraction of sp³-hybridized carbons (Fsp3) is 0.429. The monoisotopic (exact) mass is 323 g/mol. The second-order valence-electron chi connectivity index (χ2n) is 6.27. The number of sulfonamides is 1. The lowest BCUT2D eigenvalue weighted by molar-refractivity contribution is -0.0902. The second-order valence-corrected chi connectivity index (χ2v) is 7.93. The van der Waals surface area contributed by atoms with Crippen molar-refractivity contribution in [3.63, 3.8) is 0 Å². The summed E-state index contributed by atoms with van der Waals surface area (Å²) in [6.45, 7) is 1.88. The summed E-state index contributed by atoms with van der Waals surface area (Å²) in [5.41, 5.74) is 0.485. The maximum absolute atomic E-state index is 12.0. The Morgan fingerprint density at radius 3 is 2.41 bits per heavy atom. The molecule has 0 atom stereocenters. The van der Waals surface area contributed by atoms with Gasteiger partial charge in [0.1, 0.15) is 0 Å². The van der Waals surface area contributed by atoms with Crippen molar-refractivity contribution in [1.82, 2.24) is 10.1 Å². The molecule has 3 aliphatic rings. The highest BCUT2D eigenvalue weighted by Crippen LogP contribution is 2.66. The molecule has 0 aromatic heterocycles. The molecular formula is C14H17N3O4S. The zero-order valence-corrected chi connectivity index (χ0v) is 12.9. The molecule has 1 aromatic carbocycles. The number of rotatable bonds is 5. The van der Waals surface area contributed by atoms with E-state index in [1.165, 1.54) is 12.1 Å². The van der Waals surface area contributed by atoms with Gasteiger partial charge in [-0.05, 0) is 38.3 Å². The van der Waals surface area contributed by atoms with Crippen molar-refractivity contribution in [3.05, 3.63) is 29.8 Å². The van der Waals surface area contributed by atoms with E-state index in [1.54, 1.807) is 18.3 Å². The van der Waals surface area contributed by atoms with Gasteiger partial charge in [0.05, 0.1) is 4.90 Å². The number of benzene rings is 1. The standard InChI is InChI=1S/C14H17N3O4S/c1-10-2-4-11(5-3-10)22(20,21)17-15-9-13-6-14(7-13,8-13)16-12(18)19/h2-5,9,16-17H,6-8H2,1H3,(H,18,19). The van der Waals surface area contributed by atoms with E-state index in [0.717, 1.165) is 5.56 Å². The molecule has 3 N–H and O–H groups in total. The van der Waals surface area contributed by atoms with E-state index < -0.39 is 16.1 Å². The summed E-state index contributed by atoms with van der Waals surface area (Å²) in [6.07, 6.45) is 2.57. The summed E-state index contributed by atoms with van der Waals surface area (Å²) in [5.74, 6) is 0. The van der Waals surface area contributed by atoms with Crippen LogP contribution in [0, 0.1) is 12.3 Å². The third-order valence-electron chi connectivity index (χ3n) is 4.29. The normalized spacial score (nSPS) is 29.5. The topological polar surface area (TPSA) is 108 Å². The smallest absolute Gasteiger partial charge is 0.405 e. The molecule has 1 aromatic rings. The van der Waals surface area contributed by atoms with Crippen molar-refractivity contribution in [1.29, 1.82) is 0 Å². The van der Waals surface area contributed by atoms with Gasteiger partial charge in [0.25, 0.3) is 10.0 Å². The van der Waals surface area contributed by atoms with Crippen molar-refractivity contribution < 1.29 is 18.3 Å². The number of carboxylic acid groups (broad SMARTS) is 1. The lowest BCUT2D eigenvalue weighted by atomic mass is 9.40. The van der Waals surface area contributed by atoms with Crippen molar-refractivity contribution in [2.24, 2.45) is 10.5 Å². The minimum atomic E-state index is -3.66. The number of hydrogen-bond donors (Lipinski definition) is 3. The Labute approximate surface area is 128 Å². The highest BCUT2D eigenvalue weighted by molar-refractivity contribution is 7.89. The van der Waals surface area contributed by atoms with Crippen LogP contribution in [0.25, 0.3) is 0 Å². The second kappa shape index (κ2) is 4.70. The molecule has 0 saturated heterocycles. The van der Waals surface area contributed by atoms with Crippen LogP contribution in [-0.4, -0.2) is 31.4 Å². The molecule has 118 valence electrons. The Hall–Kier alpha value is -2.09. The maximum Gasteiger partial charge on any atom is 0.405 e. The van der Waals surface area contributed by atoms with E-state index in [2.05, 4.69) is 15.2 Å². The highest BCUT2D eigenvalue weighted by atomic mass is 32.2. The Balaban J connectivity index is 1.58. The average Bonchev–Trinajstić information content (AvgIpc) is 2.34. The number of nitrogens with zero attached hydrogens (tertiary/aromatic N) is 1. The van der Waals surface area contributed by atoms with Gasteiger partial charge in [-0.2, -0.15) is 13.5 Å². The molecule has 1 amide bonds. The van der Waals surface area contributed by atoms with Gasteiger partial charge in [-0.3, -0.25) is 0 Å². The molecule has 0 heterocycles. The molecule has 22 heavy (non-hydrogen) atoms. The maximum atomic E-state index is 12.0. The summed E-state index contributed by atoms with van der Waals surface area (Å²) in [5, 5.41) is 15.1. The summed E-state index contributed by atoms with van der Waals surface area (Å²) in [6, 6.07) is 6.50. The van der Waals surface area contributed by atoms with Gasteiger partial charge < -0.3 is 10.4 Å². The molecule has 2 bridgehead atoms. The molecule has 0 spiro atoms. The number of nitrogens with one attached hydrogen (secondary N) is 2. The van der Waals surface area contributed by atoms with E-state index in [-0.39, 0.29) is 15.8 Å². The molecule has 3 aliphatic carbocycles. The fourth-order valence-electron chi connectivity index (χ4n) is 3.37. The van der Waals surface area contributed by atoms with Crippen LogP contribution in [0.1, 0.15) is 24.8 Å². The highest BCUT2D eigenvalue weighted by Gasteiger charge is 2.68. The lowest BCUT2D eigenvalue weighted by Gasteiger charge is -2.68. The van der Waals surface area contributed by atoms with Crippen LogP contribution in [-0.2, 0) is 10.0 Å². The molecule has 7 nitrogen and oxygen atoms in total. The Kier molecular flexibility index (Phi) is 3.17. The third-order valence-corrected chi connectivity index (χ3v) is 5.52. The third kappa shape index (κ3) is 2.54. The lowest BCUT2D eigenvalue weighted by Crippen LogP contribution is -2.75. The predicted octanol–water partition coefficient (Wildman–Crippen LogP) is 1.45. The largest absolute Gasteiger partial charge is 0.465 e. The van der Waals surface area contributed by atoms with Gasteiger partial charge in [-0.15, -0.1) is 0 Å². The van der Waals surface area contributed by atoms with Gasteiger partial charge in [0, 0.05) is 17.2 Å². The van der Waals surface area contributed by atoms with Crippen molar-refractivity contribution >= 4 is 22.3 Å². The summed E-state index contributed by atoms with van der Waals surface area (Å²) >= 11 is 0. The molecule has 4 rings (SSSR count). The minimum Gasteiger partial charge on any atom is -0.465 e. The molecule has 3 saturated carbocycles. The van der Waals surface area contributed by atoms with Crippen LogP contribution in [0.5, 0.6) is 0 Å². The molecule has 0 aliphatic heterocycles. The zero-order chi connectivity index (χ0) is 16.0. The molecule has 0 radical (unpaired) electrons. The first-order valence-corrected chi connectivity index (χ1v) is 8.37. The quantitative estimate of drug-likeness (QED) is 0.563. The van der Waals surface area contributed by atoms with Gasteiger partial charge in [-0.1, -0.05) is 17.7 Å². The van der Waals surface area contributed by atoms with Crippen LogP contribution in [0.3, 0.4) is 0 Å². The molecule has 3 fully saturated rings. The van der Waals surface area contributed by atoms with Crippen LogP contribution >= 0.6 is 0 Å². The van der Waals surface area contributed by atoms with Gasteiger partial charge in [0.2, 0.25) is 0 Å². The SMILES string of the molecule is Cc1ccc(S(=O)(=O)NN=CC23CC(NC(=O)O)(C2)C3)cc1. The average molecular weight is 323 g/mol. The van der Waals surface area contributed by atoms with Crippen LogP contribution in [0.2, 0.25) is 0 Å². The number of amides is 1.